The molecule has 180 valence electrons. The minimum atomic E-state index is -0.405. The van der Waals surface area contributed by atoms with Crippen molar-refractivity contribution >= 4 is 34.6 Å². The number of fused-ring (bicyclic) bond motifs is 1. The van der Waals surface area contributed by atoms with Gasteiger partial charge in [-0.25, -0.2) is 19.5 Å². The van der Waals surface area contributed by atoms with E-state index in [-0.39, 0.29) is 17.8 Å². The number of para-hydroxylation sites is 1. The lowest BCUT2D eigenvalue weighted by Gasteiger charge is -2.27. The molecule has 5 N–H and O–H groups in total. The number of rotatable bonds is 7. The molecule has 1 aliphatic carbocycles. The highest BCUT2D eigenvalue weighted by atomic mass is 16.5. The van der Waals surface area contributed by atoms with E-state index < -0.39 is 5.91 Å². The van der Waals surface area contributed by atoms with Crippen molar-refractivity contribution in [1.29, 1.82) is 0 Å². The summed E-state index contributed by atoms with van der Waals surface area (Å²) in [5.41, 5.74) is 8.48. The molecule has 0 atom stereocenters. The summed E-state index contributed by atoms with van der Waals surface area (Å²) in [7, 11) is 1.50. The number of aromatic nitrogens is 5. The minimum absolute atomic E-state index is 0.253. The van der Waals surface area contributed by atoms with Crippen LogP contribution >= 0.6 is 0 Å². The van der Waals surface area contributed by atoms with Crippen molar-refractivity contribution in [2.75, 3.05) is 23.1 Å². The van der Waals surface area contributed by atoms with Crippen molar-refractivity contribution in [3.05, 3.63) is 60.7 Å². The number of methoxy groups -OCH3 is 1. The van der Waals surface area contributed by atoms with Crippen molar-refractivity contribution in [2.45, 2.75) is 37.8 Å². The van der Waals surface area contributed by atoms with Crippen LogP contribution in [0.25, 0.3) is 5.65 Å². The van der Waals surface area contributed by atoms with Gasteiger partial charge in [-0.1, -0.05) is 18.2 Å². The molecule has 1 saturated carbocycles. The van der Waals surface area contributed by atoms with Crippen LogP contribution in [-0.4, -0.2) is 49.7 Å². The third-order valence-corrected chi connectivity index (χ3v) is 5.97. The monoisotopic (exact) mass is 473 g/mol. The van der Waals surface area contributed by atoms with Gasteiger partial charge in [-0.3, -0.25) is 4.79 Å². The standard InChI is InChI=1S/C24H27N9O2/c1-35-22-12-20(27-14-28-22)31-24(34)19-13-26-23-18(29-16-5-3-2-4-6-16)11-21(32-33(19)23)30-17-9-7-15(25)8-10-17/h2-6,11-15,17,29H,7-10,25H2,1H3,(H,30,32)(H,27,28,31,34). The molecule has 0 spiro atoms. The summed E-state index contributed by atoms with van der Waals surface area (Å²) in [6, 6.07) is 13.8. The van der Waals surface area contributed by atoms with Crippen LogP contribution in [0.1, 0.15) is 36.2 Å². The van der Waals surface area contributed by atoms with E-state index in [4.69, 9.17) is 15.6 Å². The molecule has 5 rings (SSSR count). The van der Waals surface area contributed by atoms with Crippen molar-refractivity contribution < 1.29 is 9.53 Å². The second kappa shape index (κ2) is 9.94. The number of hydrogen-bond acceptors (Lipinski definition) is 9. The molecule has 0 bridgehead atoms. The van der Waals surface area contributed by atoms with Gasteiger partial charge < -0.3 is 26.4 Å². The molecule has 35 heavy (non-hydrogen) atoms. The Bertz CT molecular complexity index is 1320. The second-order valence-electron chi connectivity index (χ2n) is 8.47. The summed E-state index contributed by atoms with van der Waals surface area (Å²) in [4.78, 5) is 25.7. The smallest absolute Gasteiger partial charge is 0.277 e. The van der Waals surface area contributed by atoms with Gasteiger partial charge >= 0.3 is 0 Å². The number of nitrogens with one attached hydrogen (secondary N) is 3. The van der Waals surface area contributed by atoms with Gasteiger partial charge in [-0.05, 0) is 37.8 Å². The molecule has 0 aliphatic heterocycles. The molecule has 1 amide bonds. The van der Waals surface area contributed by atoms with E-state index in [1.807, 2.05) is 36.4 Å². The number of amides is 1. The highest BCUT2D eigenvalue weighted by Crippen LogP contribution is 2.27. The maximum atomic E-state index is 13.1. The van der Waals surface area contributed by atoms with Crippen molar-refractivity contribution in [1.82, 2.24) is 24.6 Å². The maximum Gasteiger partial charge on any atom is 0.277 e. The fourth-order valence-electron chi connectivity index (χ4n) is 4.14. The zero-order valence-corrected chi connectivity index (χ0v) is 19.3. The zero-order chi connectivity index (χ0) is 24.2. The first-order chi connectivity index (χ1) is 17.1. The number of nitrogens with two attached hydrogens (primary N) is 1. The van der Waals surface area contributed by atoms with E-state index in [9.17, 15) is 4.79 Å². The van der Waals surface area contributed by atoms with Crippen molar-refractivity contribution in [3.63, 3.8) is 0 Å². The summed E-state index contributed by atoms with van der Waals surface area (Å²) in [5, 5.41) is 14.4. The Balaban J connectivity index is 1.48. The van der Waals surface area contributed by atoms with Gasteiger partial charge in [0, 0.05) is 29.9 Å². The fraction of sp³-hybridized carbons (Fsp3) is 0.292. The number of anilines is 4. The predicted octanol–water partition coefficient (Wildman–Crippen LogP) is 3.21. The Morgan fingerprint density at radius 2 is 1.86 bits per heavy atom. The number of carbonyl (C=O) groups is 1. The first-order valence-electron chi connectivity index (χ1n) is 11.5. The third kappa shape index (κ3) is 5.14. The summed E-state index contributed by atoms with van der Waals surface area (Å²) in [6.07, 6.45) is 6.69. The molecule has 11 heteroatoms. The van der Waals surface area contributed by atoms with Crippen LogP contribution in [0.2, 0.25) is 0 Å². The number of benzene rings is 1. The summed E-state index contributed by atoms with van der Waals surface area (Å²) in [5.74, 6) is 0.899. The topological polar surface area (TPSA) is 144 Å². The molecule has 4 aromatic rings. The molecular formula is C24H27N9O2. The molecule has 0 unspecified atom stereocenters. The lowest BCUT2D eigenvalue weighted by Crippen LogP contribution is -2.33. The third-order valence-electron chi connectivity index (χ3n) is 5.97. The van der Waals surface area contributed by atoms with E-state index in [0.717, 1.165) is 37.1 Å². The van der Waals surface area contributed by atoms with Gasteiger partial charge in [0.05, 0.1) is 19.0 Å². The van der Waals surface area contributed by atoms with Crippen LogP contribution in [0.4, 0.5) is 23.0 Å². The average molecular weight is 474 g/mol. The highest BCUT2D eigenvalue weighted by Gasteiger charge is 2.21. The number of hydrogen-bond donors (Lipinski definition) is 4. The SMILES string of the molecule is COc1cc(NC(=O)c2cnc3c(Nc4ccccc4)cc(NC4CCC(N)CC4)nn23)ncn1. The van der Waals surface area contributed by atoms with Crippen LogP contribution in [0.5, 0.6) is 5.88 Å². The van der Waals surface area contributed by atoms with Crippen molar-refractivity contribution in [3.8, 4) is 5.88 Å². The number of imidazole rings is 1. The molecule has 1 aliphatic rings. The van der Waals surface area contributed by atoms with Gasteiger partial charge in [0.25, 0.3) is 5.91 Å². The molecule has 11 nitrogen and oxygen atoms in total. The van der Waals surface area contributed by atoms with E-state index in [1.165, 1.54) is 30.2 Å². The summed E-state index contributed by atoms with van der Waals surface area (Å²) >= 11 is 0. The Labute approximate surface area is 202 Å². The van der Waals surface area contributed by atoms with Gasteiger partial charge in [0.15, 0.2) is 11.3 Å². The molecule has 1 fully saturated rings. The van der Waals surface area contributed by atoms with Crippen molar-refractivity contribution in [2.24, 2.45) is 5.73 Å². The number of nitrogens with zero attached hydrogens (tertiary/aromatic N) is 5. The highest BCUT2D eigenvalue weighted by molar-refractivity contribution is 6.03. The molecular weight excluding hydrogens is 446 g/mol. The normalized spacial score (nSPS) is 17.7. The van der Waals surface area contributed by atoms with Gasteiger partial charge in [-0.2, -0.15) is 0 Å². The Morgan fingerprint density at radius 3 is 2.63 bits per heavy atom. The molecule has 0 saturated heterocycles. The first kappa shape index (κ1) is 22.5. The second-order valence-corrected chi connectivity index (χ2v) is 8.47. The Kier molecular flexibility index (Phi) is 6.40. The number of ether oxygens (including phenoxy) is 1. The molecule has 1 aromatic carbocycles. The molecule has 3 aromatic heterocycles. The largest absolute Gasteiger partial charge is 0.481 e. The van der Waals surface area contributed by atoms with Gasteiger partial charge in [0.1, 0.15) is 18.0 Å². The quantitative estimate of drug-likeness (QED) is 0.318. The van der Waals surface area contributed by atoms with E-state index >= 15 is 0 Å². The predicted molar refractivity (Wildman–Crippen MR) is 133 cm³/mol. The lowest BCUT2D eigenvalue weighted by atomic mass is 9.92. The van der Waals surface area contributed by atoms with Gasteiger partial charge in [-0.15, -0.1) is 5.10 Å². The van der Waals surface area contributed by atoms with Crippen LogP contribution in [0, 0.1) is 0 Å². The summed E-state index contributed by atoms with van der Waals surface area (Å²) in [6.45, 7) is 0. The van der Waals surface area contributed by atoms with E-state index in [2.05, 4.69) is 30.9 Å². The van der Waals surface area contributed by atoms with Gasteiger partial charge in [0.2, 0.25) is 5.88 Å². The molecule has 0 radical (unpaired) electrons. The molecule has 3 heterocycles. The fourth-order valence-corrected chi connectivity index (χ4v) is 4.14. The van der Waals surface area contributed by atoms with Crippen LogP contribution in [0.3, 0.4) is 0 Å². The van der Waals surface area contributed by atoms with E-state index in [0.29, 0.717) is 23.2 Å². The zero-order valence-electron chi connectivity index (χ0n) is 19.3. The van der Waals surface area contributed by atoms with Crippen LogP contribution < -0.4 is 26.4 Å². The maximum absolute atomic E-state index is 13.1. The number of carbonyl (C=O) groups excluding carboxylic acids is 1. The minimum Gasteiger partial charge on any atom is -0.481 e. The van der Waals surface area contributed by atoms with Crippen LogP contribution in [-0.2, 0) is 0 Å². The first-order valence-corrected chi connectivity index (χ1v) is 11.5. The Morgan fingerprint density at radius 1 is 1.06 bits per heavy atom. The Hall–Kier alpha value is -4.25. The van der Waals surface area contributed by atoms with E-state index in [1.54, 1.807) is 0 Å². The lowest BCUT2D eigenvalue weighted by molar-refractivity contribution is 0.102. The average Bonchev–Trinajstić information content (AvgIpc) is 3.31. The van der Waals surface area contributed by atoms with Crippen LogP contribution in [0.15, 0.2) is 55.0 Å². The summed E-state index contributed by atoms with van der Waals surface area (Å²) < 4.78 is 6.65.